The summed E-state index contributed by atoms with van der Waals surface area (Å²) in [5.74, 6) is 1.07. The number of anilines is 2. The number of ether oxygens (including phenoxy) is 3. The molecule has 9 heteroatoms. The number of fused-ring (bicyclic) bond motifs is 1. The number of hydrogen-bond acceptors (Lipinski definition) is 6. The fourth-order valence-electron chi connectivity index (χ4n) is 2.32. The lowest BCUT2D eigenvalue weighted by atomic mass is 10.3. The normalized spacial score (nSPS) is 13.0. The summed E-state index contributed by atoms with van der Waals surface area (Å²) in [6.45, 7) is 2.82. The summed E-state index contributed by atoms with van der Waals surface area (Å²) in [6.07, 6.45) is -0.600. The largest absolute Gasteiger partial charge is 0.486 e. The maximum Gasteiger partial charge on any atom is 0.411 e. The first-order valence-electron chi connectivity index (χ1n) is 7.94. The average Bonchev–Trinajstić information content (AvgIpc) is 2.62. The number of sulfonamides is 1. The predicted molar refractivity (Wildman–Crippen MR) is 95.3 cm³/mol. The van der Waals surface area contributed by atoms with Gasteiger partial charge in [0.05, 0.1) is 17.2 Å². The highest BCUT2D eigenvalue weighted by Crippen LogP contribution is 2.33. The molecule has 1 heterocycles. The van der Waals surface area contributed by atoms with Crippen LogP contribution in [0.15, 0.2) is 47.4 Å². The van der Waals surface area contributed by atoms with Crippen molar-refractivity contribution >= 4 is 27.5 Å². The van der Waals surface area contributed by atoms with E-state index < -0.39 is 16.1 Å². The summed E-state index contributed by atoms with van der Waals surface area (Å²) >= 11 is 0. The highest BCUT2D eigenvalue weighted by Gasteiger charge is 2.17. The third kappa shape index (κ3) is 4.17. The van der Waals surface area contributed by atoms with Gasteiger partial charge in [0.1, 0.15) is 13.2 Å². The summed E-state index contributed by atoms with van der Waals surface area (Å²) in [4.78, 5) is 11.4. The van der Waals surface area contributed by atoms with E-state index >= 15 is 0 Å². The van der Waals surface area contributed by atoms with Gasteiger partial charge in [-0.15, -0.1) is 0 Å². The van der Waals surface area contributed by atoms with E-state index in [0.29, 0.717) is 36.1 Å². The van der Waals surface area contributed by atoms with Gasteiger partial charge in [-0.05, 0) is 43.3 Å². The number of carbonyl (C=O) groups is 1. The number of amides is 1. The highest BCUT2D eigenvalue weighted by atomic mass is 32.2. The zero-order valence-corrected chi connectivity index (χ0v) is 14.8. The summed E-state index contributed by atoms with van der Waals surface area (Å²) in [7, 11) is -3.79. The zero-order valence-electron chi connectivity index (χ0n) is 14.0. The molecule has 0 radical (unpaired) electrons. The van der Waals surface area contributed by atoms with E-state index in [4.69, 9.17) is 14.2 Å². The topological polar surface area (TPSA) is 103 Å². The first kappa shape index (κ1) is 17.9. The van der Waals surface area contributed by atoms with Gasteiger partial charge in [0.2, 0.25) is 0 Å². The Bertz CT molecular complexity index is 896. The molecule has 1 aliphatic heterocycles. The molecule has 1 amide bonds. The monoisotopic (exact) mass is 378 g/mol. The Morgan fingerprint density at radius 1 is 1.04 bits per heavy atom. The van der Waals surface area contributed by atoms with Crippen LogP contribution in [-0.4, -0.2) is 34.3 Å². The quantitative estimate of drug-likeness (QED) is 0.829. The number of benzene rings is 2. The molecule has 2 aromatic carbocycles. The minimum Gasteiger partial charge on any atom is -0.486 e. The van der Waals surface area contributed by atoms with Crippen molar-refractivity contribution in [3.63, 3.8) is 0 Å². The second-order valence-corrected chi connectivity index (χ2v) is 7.02. The fourth-order valence-corrected chi connectivity index (χ4v) is 3.37. The van der Waals surface area contributed by atoms with E-state index in [-0.39, 0.29) is 11.5 Å². The molecule has 0 bridgehead atoms. The maximum atomic E-state index is 12.5. The van der Waals surface area contributed by atoms with Crippen molar-refractivity contribution in [3.8, 4) is 11.5 Å². The molecule has 2 aromatic rings. The number of nitrogens with one attached hydrogen (secondary N) is 2. The van der Waals surface area contributed by atoms with Gasteiger partial charge in [0.15, 0.2) is 11.5 Å². The molecule has 0 spiro atoms. The molecule has 0 saturated heterocycles. The molecule has 0 aliphatic carbocycles. The molecule has 8 nitrogen and oxygen atoms in total. The van der Waals surface area contributed by atoms with Gasteiger partial charge in [-0.2, -0.15) is 0 Å². The first-order chi connectivity index (χ1) is 12.5. The smallest absolute Gasteiger partial charge is 0.411 e. The molecule has 26 heavy (non-hydrogen) atoms. The van der Waals surface area contributed by atoms with Crippen molar-refractivity contribution in [3.05, 3.63) is 42.5 Å². The van der Waals surface area contributed by atoms with E-state index in [2.05, 4.69) is 10.0 Å². The van der Waals surface area contributed by atoms with Crippen molar-refractivity contribution in [2.75, 3.05) is 29.9 Å². The summed E-state index contributed by atoms with van der Waals surface area (Å²) in [6, 6.07) is 10.6. The Morgan fingerprint density at radius 3 is 2.38 bits per heavy atom. The standard InChI is InChI=1S/C17H18N2O6S/c1-2-23-17(20)18-12-3-6-14(7-4-12)26(21,22)19-13-5-8-15-16(11-13)25-10-9-24-15/h3-8,11,19H,2,9-10H2,1H3,(H,18,20). The molecule has 1 aliphatic rings. The summed E-state index contributed by atoms with van der Waals surface area (Å²) < 4.78 is 43.1. The number of carbonyl (C=O) groups excluding carboxylic acids is 1. The third-order valence-electron chi connectivity index (χ3n) is 3.48. The van der Waals surface area contributed by atoms with E-state index in [1.54, 1.807) is 25.1 Å². The lowest BCUT2D eigenvalue weighted by molar-refractivity contribution is 0.168. The van der Waals surface area contributed by atoms with Crippen LogP contribution < -0.4 is 19.5 Å². The van der Waals surface area contributed by atoms with Crippen LogP contribution in [0.3, 0.4) is 0 Å². The molecule has 0 fully saturated rings. The lowest BCUT2D eigenvalue weighted by Gasteiger charge is -2.19. The molecule has 0 unspecified atom stereocenters. The molecule has 3 rings (SSSR count). The minimum absolute atomic E-state index is 0.0572. The number of rotatable bonds is 5. The van der Waals surface area contributed by atoms with E-state index in [1.165, 1.54) is 24.3 Å². The van der Waals surface area contributed by atoms with Crippen LogP contribution in [0.4, 0.5) is 16.2 Å². The van der Waals surface area contributed by atoms with Crippen molar-refractivity contribution in [1.82, 2.24) is 0 Å². The Balaban J connectivity index is 1.72. The second kappa shape index (κ2) is 7.52. The van der Waals surface area contributed by atoms with Crippen LogP contribution in [-0.2, 0) is 14.8 Å². The SMILES string of the molecule is CCOC(=O)Nc1ccc(S(=O)(=O)Nc2ccc3c(c2)OCCO3)cc1. The molecular weight excluding hydrogens is 360 g/mol. The van der Waals surface area contributed by atoms with Crippen LogP contribution in [0.25, 0.3) is 0 Å². The maximum absolute atomic E-state index is 12.5. The average molecular weight is 378 g/mol. The van der Waals surface area contributed by atoms with Gasteiger partial charge in [0, 0.05) is 11.8 Å². The van der Waals surface area contributed by atoms with E-state index in [0.717, 1.165) is 0 Å². The second-order valence-electron chi connectivity index (χ2n) is 5.33. The van der Waals surface area contributed by atoms with Crippen LogP contribution in [0, 0.1) is 0 Å². The van der Waals surface area contributed by atoms with E-state index in [9.17, 15) is 13.2 Å². The predicted octanol–water partition coefficient (Wildman–Crippen LogP) is 2.83. The zero-order chi connectivity index (χ0) is 18.6. The Labute approximate surface area is 151 Å². The third-order valence-corrected chi connectivity index (χ3v) is 4.88. The van der Waals surface area contributed by atoms with Crippen molar-refractivity contribution in [1.29, 1.82) is 0 Å². The Kier molecular flexibility index (Phi) is 5.17. The molecule has 138 valence electrons. The molecule has 2 N–H and O–H groups in total. The molecule has 0 saturated carbocycles. The Hall–Kier alpha value is -2.94. The van der Waals surface area contributed by atoms with E-state index in [1.807, 2.05) is 0 Å². The van der Waals surface area contributed by atoms with Gasteiger partial charge >= 0.3 is 6.09 Å². The Morgan fingerprint density at radius 2 is 1.69 bits per heavy atom. The van der Waals surface area contributed by atoms with Crippen LogP contribution in [0.1, 0.15) is 6.92 Å². The summed E-state index contributed by atoms with van der Waals surface area (Å²) in [5, 5.41) is 2.50. The van der Waals surface area contributed by atoms with Crippen LogP contribution >= 0.6 is 0 Å². The molecule has 0 atom stereocenters. The summed E-state index contributed by atoms with van der Waals surface area (Å²) in [5.41, 5.74) is 0.796. The molecule has 0 aromatic heterocycles. The first-order valence-corrected chi connectivity index (χ1v) is 9.42. The van der Waals surface area contributed by atoms with Crippen molar-refractivity contribution in [2.45, 2.75) is 11.8 Å². The van der Waals surface area contributed by atoms with Crippen molar-refractivity contribution < 1.29 is 27.4 Å². The molecular formula is C17H18N2O6S. The van der Waals surface area contributed by atoms with Crippen LogP contribution in [0.5, 0.6) is 11.5 Å². The minimum atomic E-state index is -3.79. The number of hydrogen-bond donors (Lipinski definition) is 2. The lowest BCUT2D eigenvalue weighted by Crippen LogP contribution is -2.17. The van der Waals surface area contributed by atoms with Gasteiger partial charge in [-0.3, -0.25) is 10.0 Å². The van der Waals surface area contributed by atoms with Gasteiger partial charge < -0.3 is 14.2 Å². The fraction of sp³-hybridized carbons (Fsp3) is 0.235. The highest BCUT2D eigenvalue weighted by molar-refractivity contribution is 7.92. The van der Waals surface area contributed by atoms with Crippen molar-refractivity contribution in [2.24, 2.45) is 0 Å². The van der Waals surface area contributed by atoms with Gasteiger partial charge in [-0.1, -0.05) is 0 Å². The van der Waals surface area contributed by atoms with Gasteiger partial charge in [0.25, 0.3) is 10.0 Å². The van der Waals surface area contributed by atoms with Gasteiger partial charge in [-0.25, -0.2) is 13.2 Å². The van der Waals surface area contributed by atoms with Crippen LogP contribution in [0.2, 0.25) is 0 Å².